The summed E-state index contributed by atoms with van der Waals surface area (Å²) >= 11 is 6.22. The highest BCUT2D eigenvalue weighted by atomic mass is 35.5. The maximum Gasteiger partial charge on any atom is 0.410 e. The quantitative estimate of drug-likeness (QED) is 0.696. The van der Waals surface area contributed by atoms with Gasteiger partial charge in [-0.05, 0) is 43.2 Å². The first-order valence-electron chi connectivity index (χ1n) is 9.00. The summed E-state index contributed by atoms with van der Waals surface area (Å²) < 4.78 is 10.9. The van der Waals surface area contributed by atoms with Crippen LogP contribution in [0.4, 0.5) is 4.79 Å². The lowest BCUT2D eigenvalue weighted by Gasteiger charge is -2.35. The molecule has 1 aliphatic heterocycles. The topological polar surface area (TPSA) is 54.6 Å². The van der Waals surface area contributed by atoms with Gasteiger partial charge in [0.15, 0.2) is 0 Å². The summed E-state index contributed by atoms with van der Waals surface area (Å²) in [6, 6.07) is 13.3. The van der Waals surface area contributed by atoms with E-state index >= 15 is 0 Å². The predicted octanol–water partition coefficient (Wildman–Crippen LogP) is 4.93. The van der Waals surface area contributed by atoms with Gasteiger partial charge in [-0.3, -0.25) is 4.90 Å². The first kappa shape index (κ1) is 17.7. The van der Waals surface area contributed by atoms with E-state index in [-0.39, 0.29) is 12.1 Å². The van der Waals surface area contributed by atoms with Crippen LogP contribution in [0.5, 0.6) is 5.75 Å². The third-order valence-corrected chi connectivity index (χ3v) is 5.26. The van der Waals surface area contributed by atoms with E-state index in [1.54, 1.807) is 12.0 Å². The van der Waals surface area contributed by atoms with E-state index in [2.05, 4.69) is 4.98 Å². The molecule has 0 saturated heterocycles. The minimum Gasteiger partial charge on any atom is -0.496 e. The average molecular weight is 385 g/mol. The Morgan fingerprint density at radius 1 is 1.30 bits per heavy atom. The second-order valence-electron chi connectivity index (χ2n) is 6.49. The molecule has 6 heteroatoms. The first-order valence-corrected chi connectivity index (χ1v) is 9.38. The number of aromatic amines is 1. The molecule has 1 aromatic heterocycles. The van der Waals surface area contributed by atoms with Gasteiger partial charge in [0.1, 0.15) is 11.8 Å². The Morgan fingerprint density at radius 3 is 2.89 bits per heavy atom. The van der Waals surface area contributed by atoms with Gasteiger partial charge in [-0.15, -0.1) is 0 Å². The largest absolute Gasteiger partial charge is 0.496 e. The lowest BCUT2D eigenvalue weighted by Crippen LogP contribution is -2.41. The Bertz CT molecular complexity index is 998. The van der Waals surface area contributed by atoms with Crippen LogP contribution in [0.3, 0.4) is 0 Å². The molecule has 140 valence electrons. The number of rotatable bonds is 3. The number of hydrogen-bond donors (Lipinski definition) is 1. The number of carbonyl (C=O) groups is 1. The minimum absolute atomic E-state index is 0.310. The van der Waals surface area contributed by atoms with Gasteiger partial charge in [0.05, 0.1) is 13.7 Å². The van der Waals surface area contributed by atoms with Crippen molar-refractivity contribution in [3.8, 4) is 5.75 Å². The van der Waals surface area contributed by atoms with Crippen LogP contribution >= 0.6 is 11.6 Å². The van der Waals surface area contributed by atoms with Crippen molar-refractivity contribution in [3.05, 3.63) is 64.3 Å². The molecule has 27 heavy (non-hydrogen) atoms. The number of carbonyl (C=O) groups excluding carboxylic acids is 1. The summed E-state index contributed by atoms with van der Waals surface area (Å²) in [7, 11) is 1.64. The molecular formula is C21H21ClN2O3. The molecule has 1 atom stereocenters. The number of fused-ring (bicyclic) bond motifs is 3. The van der Waals surface area contributed by atoms with E-state index in [9.17, 15) is 4.79 Å². The molecule has 3 aromatic rings. The number of methoxy groups -OCH3 is 1. The van der Waals surface area contributed by atoms with Gasteiger partial charge in [-0.2, -0.15) is 0 Å². The molecule has 0 fully saturated rings. The molecule has 2 aromatic carbocycles. The summed E-state index contributed by atoms with van der Waals surface area (Å²) in [5.74, 6) is 0.737. The monoisotopic (exact) mass is 384 g/mol. The van der Waals surface area contributed by atoms with Crippen LogP contribution < -0.4 is 4.74 Å². The van der Waals surface area contributed by atoms with Gasteiger partial charge in [0.2, 0.25) is 0 Å². The van der Waals surface area contributed by atoms with Crippen LogP contribution in [-0.4, -0.2) is 36.2 Å². The molecule has 0 saturated carbocycles. The zero-order valence-corrected chi connectivity index (χ0v) is 16.0. The summed E-state index contributed by atoms with van der Waals surface area (Å²) in [4.78, 5) is 18.0. The van der Waals surface area contributed by atoms with Gasteiger partial charge < -0.3 is 14.5 Å². The van der Waals surface area contributed by atoms with Gasteiger partial charge in [-0.25, -0.2) is 4.79 Å². The van der Waals surface area contributed by atoms with Gasteiger partial charge >= 0.3 is 6.09 Å². The molecule has 1 aliphatic rings. The number of halogens is 1. The molecule has 0 aliphatic carbocycles. The van der Waals surface area contributed by atoms with E-state index in [1.807, 2.05) is 49.4 Å². The number of benzene rings is 2. The average Bonchev–Trinajstić information content (AvgIpc) is 3.05. The first-order chi connectivity index (χ1) is 13.1. The summed E-state index contributed by atoms with van der Waals surface area (Å²) in [5.41, 5.74) is 4.10. The standard InChI is InChI=1S/C21H21ClN2O3/c1-3-27-21(25)24-11-10-14-16-12-13(22)8-9-17(16)23-19(14)20(24)15-6-4-5-7-18(15)26-2/h4-9,12,20,23H,3,10-11H2,1-2H3. The van der Waals surface area contributed by atoms with E-state index < -0.39 is 0 Å². The number of nitrogens with one attached hydrogen (secondary N) is 1. The molecule has 4 rings (SSSR count). The van der Waals surface area contributed by atoms with Crippen LogP contribution in [0.2, 0.25) is 5.02 Å². The van der Waals surface area contributed by atoms with Crippen LogP contribution in [0, 0.1) is 0 Å². The Morgan fingerprint density at radius 2 is 2.11 bits per heavy atom. The molecule has 0 radical (unpaired) electrons. The Kier molecular flexibility index (Phi) is 4.70. The molecule has 0 bridgehead atoms. The van der Waals surface area contributed by atoms with Crippen LogP contribution in [-0.2, 0) is 11.2 Å². The second kappa shape index (κ2) is 7.16. The third-order valence-electron chi connectivity index (χ3n) is 5.02. The SMILES string of the molecule is CCOC(=O)N1CCc2c([nH]c3ccc(Cl)cc23)C1c1ccccc1OC. The van der Waals surface area contributed by atoms with Crippen molar-refractivity contribution in [2.24, 2.45) is 0 Å². The fourth-order valence-corrected chi connectivity index (χ4v) is 4.05. The van der Waals surface area contributed by atoms with Crippen LogP contribution in [0.15, 0.2) is 42.5 Å². The molecule has 1 unspecified atom stereocenters. The van der Waals surface area contributed by atoms with Crippen molar-refractivity contribution in [1.82, 2.24) is 9.88 Å². The third kappa shape index (κ3) is 3.02. The minimum atomic E-state index is -0.323. The number of H-pyrrole nitrogens is 1. The second-order valence-corrected chi connectivity index (χ2v) is 6.93. The maximum absolute atomic E-state index is 12.7. The normalized spacial score (nSPS) is 16.3. The van der Waals surface area contributed by atoms with Crippen LogP contribution in [0.1, 0.15) is 29.8 Å². The number of aromatic nitrogens is 1. The van der Waals surface area contributed by atoms with Crippen molar-refractivity contribution < 1.29 is 14.3 Å². The molecule has 5 nitrogen and oxygen atoms in total. The van der Waals surface area contributed by atoms with Crippen molar-refractivity contribution >= 4 is 28.6 Å². The smallest absolute Gasteiger partial charge is 0.410 e. The molecular weight excluding hydrogens is 364 g/mol. The van der Waals surface area contributed by atoms with E-state index in [0.29, 0.717) is 18.2 Å². The predicted molar refractivity (Wildman–Crippen MR) is 106 cm³/mol. The molecule has 0 spiro atoms. The fraction of sp³-hybridized carbons (Fsp3) is 0.286. The van der Waals surface area contributed by atoms with Gasteiger partial charge in [-0.1, -0.05) is 29.8 Å². The van der Waals surface area contributed by atoms with Gasteiger partial charge in [0, 0.05) is 33.7 Å². The van der Waals surface area contributed by atoms with E-state index in [1.165, 1.54) is 5.56 Å². The lowest BCUT2D eigenvalue weighted by molar-refractivity contribution is 0.0927. The van der Waals surface area contributed by atoms with E-state index in [0.717, 1.165) is 34.3 Å². The summed E-state index contributed by atoms with van der Waals surface area (Å²) in [6.07, 6.45) is 0.413. The highest BCUT2D eigenvalue weighted by Gasteiger charge is 2.36. The van der Waals surface area contributed by atoms with Crippen molar-refractivity contribution in [1.29, 1.82) is 0 Å². The molecule has 1 N–H and O–H groups in total. The van der Waals surface area contributed by atoms with E-state index in [4.69, 9.17) is 21.1 Å². The maximum atomic E-state index is 12.7. The summed E-state index contributed by atoms with van der Waals surface area (Å²) in [5, 5.41) is 1.80. The Hall–Kier alpha value is -2.66. The number of para-hydroxylation sites is 1. The number of hydrogen-bond acceptors (Lipinski definition) is 3. The number of nitrogens with zero attached hydrogens (tertiary/aromatic N) is 1. The Balaban J connectivity index is 1.92. The lowest BCUT2D eigenvalue weighted by atomic mass is 9.92. The number of amides is 1. The Labute approximate surface area is 162 Å². The van der Waals surface area contributed by atoms with Crippen LogP contribution in [0.25, 0.3) is 10.9 Å². The highest BCUT2D eigenvalue weighted by Crippen LogP contribution is 2.42. The van der Waals surface area contributed by atoms with Crippen molar-refractivity contribution in [2.45, 2.75) is 19.4 Å². The summed E-state index contributed by atoms with van der Waals surface area (Å²) in [6.45, 7) is 2.72. The van der Waals surface area contributed by atoms with Crippen molar-refractivity contribution in [3.63, 3.8) is 0 Å². The zero-order chi connectivity index (χ0) is 19.0. The molecule has 1 amide bonds. The zero-order valence-electron chi connectivity index (χ0n) is 15.3. The van der Waals surface area contributed by atoms with Crippen molar-refractivity contribution in [2.75, 3.05) is 20.3 Å². The number of ether oxygens (including phenoxy) is 2. The fourth-order valence-electron chi connectivity index (χ4n) is 3.88. The molecule has 2 heterocycles. The highest BCUT2D eigenvalue weighted by molar-refractivity contribution is 6.31. The van der Waals surface area contributed by atoms with Gasteiger partial charge in [0.25, 0.3) is 0 Å².